The molecule has 5 heteroatoms. The van der Waals surface area contributed by atoms with E-state index in [1.807, 2.05) is 6.07 Å². The molecular weight excluding hydrogens is 256 g/mol. The second kappa shape index (κ2) is 5.24. The molecule has 108 valence electrons. The Balaban J connectivity index is 1.45. The average Bonchev–Trinajstić information content (AvgIpc) is 3.16. The molecule has 0 amide bonds. The summed E-state index contributed by atoms with van der Waals surface area (Å²) in [6.45, 7) is 5.56. The topological polar surface area (TPSA) is 46.3 Å². The molecule has 5 nitrogen and oxygen atoms in total. The molecule has 4 rings (SSSR count). The maximum Gasteiger partial charge on any atom is 0.231 e. The second-order valence-corrected chi connectivity index (χ2v) is 5.70. The zero-order chi connectivity index (χ0) is 13.4. The maximum absolute atomic E-state index is 5.46. The van der Waals surface area contributed by atoms with Crippen molar-refractivity contribution in [2.45, 2.75) is 18.6 Å². The number of benzene rings is 1. The van der Waals surface area contributed by atoms with Gasteiger partial charge >= 0.3 is 0 Å². The Bertz CT molecular complexity index is 490. The summed E-state index contributed by atoms with van der Waals surface area (Å²) in [7, 11) is 0. The van der Waals surface area contributed by atoms with Gasteiger partial charge in [0.05, 0.1) is 12.7 Å². The maximum atomic E-state index is 5.46. The van der Waals surface area contributed by atoms with Gasteiger partial charge in [0.25, 0.3) is 0 Å². The van der Waals surface area contributed by atoms with E-state index in [0.717, 1.165) is 50.7 Å². The molecule has 3 aliphatic rings. The number of epoxide rings is 1. The molecule has 2 unspecified atom stereocenters. The molecule has 1 aromatic rings. The average molecular weight is 276 g/mol. The van der Waals surface area contributed by atoms with Crippen molar-refractivity contribution in [1.82, 2.24) is 10.2 Å². The summed E-state index contributed by atoms with van der Waals surface area (Å²) in [6.07, 6.45) is 1.50. The van der Waals surface area contributed by atoms with Crippen LogP contribution in [0.3, 0.4) is 0 Å². The van der Waals surface area contributed by atoms with Crippen molar-refractivity contribution in [3.63, 3.8) is 0 Å². The molecule has 0 aromatic heterocycles. The summed E-state index contributed by atoms with van der Waals surface area (Å²) in [5.41, 5.74) is 1.31. The van der Waals surface area contributed by atoms with Crippen LogP contribution in [0.2, 0.25) is 0 Å². The first kappa shape index (κ1) is 12.4. The van der Waals surface area contributed by atoms with E-state index in [1.54, 1.807) is 0 Å². The predicted molar refractivity (Wildman–Crippen MR) is 74.2 cm³/mol. The number of nitrogens with one attached hydrogen (secondary N) is 1. The summed E-state index contributed by atoms with van der Waals surface area (Å²) < 4.78 is 16.2. The molecule has 20 heavy (non-hydrogen) atoms. The van der Waals surface area contributed by atoms with Crippen LogP contribution in [0, 0.1) is 0 Å². The highest BCUT2D eigenvalue weighted by Gasteiger charge is 2.30. The van der Waals surface area contributed by atoms with Gasteiger partial charge in [0, 0.05) is 32.2 Å². The standard InChI is InChI=1S/C15H20N2O3/c1-2-14-15(20-10-19-14)6-11(1)5-12-7-16-3-4-17(12)8-13-9-18-13/h1-2,6,12-13,16H,3-5,7-10H2. The van der Waals surface area contributed by atoms with Gasteiger partial charge in [-0.3, -0.25) is 4.90 Å². The van der Waals surface area contributed by atoms with Crippen LogP contribution in [0.5, 0.6) is 11.5 Å². The first-order valence-electron chi connectivity index (χ1n) is 7.33. The third kappa shape index (κ3) is 2.61. The minimum absolute atomic E-state index is 0.342. The fourth-order valence-corrected chi connectivity index (χ4v) is 3.02. The van der Waals surface area contributed by atoms with E-state index in [9.17, 15) is 0 Å². The highest BCUT2D eigenvalue weighted by molar-refractivity contribution is 5.44. The van der Waals surface area contributed by atoms with Gasteiger partial charge in [-0.15, -0.1) is 0 Å². The largest absolute Gasteiger partial charge is 0.454 e. The van der Waals surface area contributed by atoms with Gasteiger partial charge in [0.2, 0.25) is 6.79 Å². The number of ether oxygens (including phenoxy) is 3. The lowest BCUT2D eigenvalue weighted by Gasteiger charge is -2.36. The molecular formula is C15H20N2O3. The predicted octanol–water partition coefficient (Wildman–Crippen LogP) is 0.630. The van der Waals surface area contributed by atoms with Crippen LogP contribution in [0.1, 0.15) is 5.56 Å². The number of hydrogen-bond donors (Lipinski definition) is 1. The Kier molecular flexibility index (Phi) is 3.26. The van der Waals surface area contributed by atoms with Crippen molar-refractivity contribution in [3.8, 4) is 11.5 Å². The highest BCUT2D eigenvalue weighted by atomic mass is 16.7. The first-order chi connectivity index (χ1) is 9.88. The lowest BCUT2D eigenvalue weighted by molar-refractivity contribution is 0.147. The molecule has 2 saturated heterocycles. The fourth-order valence-electron chi connectivity index (χ4n) is 3.02. The molecule has 0 aliphatic carbocycles. The van der Waals surface area contributed by atoms with Crippen LogP contribution in [-0.2, 0) is 11.2 Å². The summed E-state index contributed by atoms with van der Waals surface area (Å²) in [5, 5.41) is 3.49. The van der Waals surface area contributed by atoms with E-state index in [1.165, 1.54) is 5.56 Å². The number of hydrogen-bond acceptors (Lipinski definition) is 5. The molecule has 0 radical (unpaired) electrons. The Hall–Kier alpha value is -1.30. The molecule has 0 spiro atoms. The smallest absolute Gasteiger partial charge is 0.231 e. The van der Waals surface area contributed by atoms with Gasteiger partial charge in [-0.2, -0.15) is 0 Å². The summed E-state index contributed by atoms with van der Waals surface area (Å²) in [6, 6.07) is 6.81. The monoisotopic (exact) mass is 276 g/mol. The Labute approximate surface area is 118 Å². The van der Waals surface area contributed by atoms with E-state index in [0.29, 0.717) is 18.9 Å². The number of rotatable bonds is 4. The summed E-state index contributed by atoms with van der Waals surface area (Å²) >= 11 is 0. The van der Waals surface area contributed by atoms with Crippen LogP contribution in [0.15, 0.2) is 18.2 Å². The van der Waals surface area contributed by atoms with Gasteiger partial charge in [0.15, 0.2) is 11.5 Å². The van der Waals surface area contributed by atoms with Crippen LogP contribution >= 0.6 is 0 Å². The first-order valence-corrected chi connectivity index (χ1v) is 7.33. The Morgan fingerprint density at radius 2 is 2.15 bits per heavy atom. The van der Waals surface area contributed by atoms with Crippen molar-refractivity contribution in [1.29, 1.82) is 0 Å². The van der Waals surface area contributed by atoms with Gasteiger partial charge in [0.1, 0.15) is 0 Å². The SMILES string of the molecule is c1cc2c(cc1CC1CNCCN1CC1CO1)OCO2. The molecule has 3 heterocycles. The molecule has 3 aliphatic heterocycles. The number of fused-ring (bicyclic) bond motifs is 1. The van der Waals surface area contributed by atoms with Crippen LogP contribution in [0.4, 0.5) is 0 Å². The summed E-state index contributed by atoms with van der Waals surface area (Å²) in [5.74, 6) is 1.74. The minimum atomic E-state index is 0.342. The number of piperazine rings is 1. The van der Waals surface area contributed by atoms with E-state index >= 15 is 0 Å². The van der Waals surface area contributed by atoms with Crippen molar-refractivity contribution < 1.29 is 14.2 Å². The lowest BCUT2D eigenvalue weighted by Crippen LogP contribution is -2.53. The zero-order valence-electron chi connectivity index (χ0n) is 11.5. The molecule has 1 aromatic carbocycles. The van der Waals surface area contributed by atoms with Crippen LogP contribution in [0.25, 0.3) is 0 Å². The van der Waals surface area contributed by atoms with Crippen LogP contribution < -0.4 is 14.8 Å². The minimum Gasteiger partial charge on any atom is -0.454 e. The van der Waals surface area contributed by atoms with Crippen molar-refractivity contribution in [2.24, 2.45) is 0 Å². The normalized spacial score (nSPS) is 28.6. The molecule has 0 bridgehead atoms. The van der Waals surface area contributed by atoms with E-state index in [2.05, 4.69) is 22.3 Å². The van der Waals surface area contributed by atoms with Gasteiger partial charge < -0.3 is 19.5 Å². The van der Waals surface area contributed by atoms with Crippen LogP contribution in [-0.4, -0.2) is 56.6 Å². The molecule has 1 N–H and O–H groups in total. The van der Waals surface area contributed by atoms with E-state index < -0.39 is 0 Å². The van der Waals surface area contributed by atoms with Gasteiger partial charge in [-0.1, -0.05) is 6.07 Å². The van der Waals surface area contributed by atoms with Gasteiger partial charge in [-0.05, 0) is 24.1 Å². The van der Waals surface area contributed by atoms with Crippen molar-refractivity contribution in [2.75, 3.05) is 39.6 Å². The molecule has 2 fully saturated rings. The second-order valence-electron chi connectivity index (χ2n) is 5.70. The third-order valence-electron chi connectivity index (χ3n) is 4.22. The van der Waals surface area contributed by atoms with Crippen molar-refractivity contribution in [3.05, 3.63) is 23.8 Å². The summed E-state index contributed by atoms with van der Waals surface area (Å²) in [4.78, 5) is 2.55. The Morgan fingerprint density at radius 1 is 1.25 bits per heavy atom. The van der Waals surface area contributed by atoms with Crippen molar-refractivity contribution >= 4 is 0 Å². The van der Waals surface area contributed by atoms with E-state index in [4.69, 9.17) is 14.2 Å². The van der Waals surface area contributed by atoms with Gasteiger partial charge in [-0.25, -0.2) is 0 Å². The fraction of sp³-hybridized carbons (Fsp3) is 0.600. The quantitative estimate of drug-likeness (QED) is 0.817. The molecule has 0 saturated carbocycles. The van der Waals surface area contributed by atoms with E-state index in [-0.39, 0.29) is 0 Å². The zero-order valence-corrected chi connectivity index (χ0v) is 11.5. The highest BCUT2D eigenvalue weighted by Crippen LogP contribution is 2.33. The Morgan fingerprint density at radius 3 is 3.05 bits per heavy atom. The number of nitrogens with zero attached hydrogens (tertiary/aromatic N) is 1. The lowest BCUT2D eigenvalue weighted by atomic mass is 10.0. The third-order valence-corrected chi connectivity index (χ3v) is 4.22. The molecule has 2 atom stereocenters.